The maximum Gasteiger partial charge on any atom is 0.417 e. The number of halogens is 3. The van der Waals surface area contributed by atoms with Gasteiger partial charge in [0.15, 0.2) is 6.79 Å². The van der Waals surface area contributed by atoms with Gasteiger partial charge in [-0.1, -0.05) is 6.92 Å². The second-order valence-electron chi connectivity index (χ2n) is 9.15. The molecule has 3 heterocycles. The molecule has 1 aromatic rings. The number of carbonyl (C=O) groups is 3. The van der Waals surface area contributed by atoms with Crippen molar-refractivity contribution in [2.75, 3.05) is 18.3 Å². The summed E-state index contributed by atoms with van der Waals surface area (Å²) in [6, 6.07) is 4.16. The highest BCUT2D eigenvalue weighted by molar-refractivity contribution is 6.23. The van der Waals surface area contributed by atoms with Crippen LogP contribution in [0.2, 0.25) is 0 Å². The van der Waals surface area contributed by atoms with Gasteiger partial charge < -0.3 is 14.2 Å². The number of anilines is 1. The van der Waals surface area contributed by atoms with Gasteiger partial charge in [0, 0.05) is 0 Å². The molecule has 8 nitrogen and oxygen atoms in total. The van der Waals surface area contributed by atoms with Crippen LogP contribution < -0.4 is 4.90 Å². The Morgan fingerprint density at radius 2 is 1.94 bits per heavy atom. The summed E-state index contributed by atoms with van der Waals surface area (Å²) >= 11 is 0. The number of ether oxygens (including phenoxy) is 3. The zero-order valence-electron chi connectivity index (χ0n) is 18.8. The van der Waals surface area contributed by atoms with E-state index in [0.29, 0.717) is 17.6 Å². The van der Waals surface area contributed by atoms with Crippen LogP contribution in [0.1, 0.15) is 44.7 Å². The van der Waals surface area contributed by atoms with Crippen molar-refractivity contribution in [1.82, 2.24) is 0 Å². The van der Waals surface area contributed by atoms with Gasteiger partial charge in [0.2, 0.25) is 11.8 Å². The monoisotopic (exact) mass is 480 g/mol. The summed E-state index contributed by atoms with van der Waals surface area (Å²) in [5.41, 5.74) is -4.69. The van der Waals surface area contributed by atoms with Crippen molar-refractivity contribution < 1.29 is 41.8 Å². The molecule has 34 heavy (non-hydrogen) atoms. The molecule has 0 saturated carbocycles. The number of nitrogens with zero attached hydrogens (tertiary/aromatic N) is 2. The zero-order valence-corrected chi connectivity index (χ0v) is 18.8. The Balaban J connectivity index is 1.66. The van der Waals surface area contributed by atoms with Crippen LogP contribution in [0.4, 0.5) is 18.9 Å². The Hall–Kier alpha value is -2.97. The number of amides is 2. The molecule has 3 aliphatic rings. The Bertz CT molecular complexity index is 1100. The van der Waals surface area contributed by atoms with Gasteiger partial charge in [-0.25, -0.2) is 4.90 Å². The number of hydrogen-bond donors (Lipinski definition) is 0. The average Bonchev–Trinajstić information content (AvgIpc) is 3.30. The summed E-state index contributed by atoms with van der Waals surface area (Å²) in [7, 11) is 0. The van der Waals surface area contributed by atoms with Crippen molar-refractivity contribution in [2.45, 2.75) is 51.0 Å². The first kappa shape index (κ1) is 24.2. The number of imide groups is 1. The third kappa shape index (κ3) is 3.47. The number of esters is 1. The van der Waals surface area contributed by atoms with Crippen LogP contribution in [-0.2, 0) is 34.8 Å². The molecule has 182 valence electrons. The van der Waals surface area contributed by atoms with Gasteiger partial charge in [-0.2, -0.15) is 18.4 Å². The van der Waals surface area contributed by atoms with Gasteiger partial charge in [0.25, 0.3) is 0 Å². The molecule has 3 saturated heterocycles. The second-order valence-corrected chi connectivity index (χ2v) is 9.15. The summed E-state index contributed by atoms with van der Waals surface area (Å²) in [5, 5.41) is 9.02. The molecule has 2 amide bonds. The fourth-order valence-corrected chi connectivity index (χ4v) is 5.53. The minimum Gasteiger partial charge on any atom is -0.438 e. The van der Waals surface area contributed by atoms with E-state index >= 15 is 0 Å². The number of hydrogen-bond acceptors (Lipinski definition) is 7. The Morgan fingerprint density at radius 1 is 1.26 bits per heavy atom. The first-order chi connectivity index (χ1) is 15.9. The third-order valence-corrected chi connectivity index (χ3v) is 6.94. The molecular weight excluding hydrogens is 457 g/mol. The van der Waals surface area contributed by atoms with Crippen LogP contribution in [0.5, 0.6) is 0 Å². The summed E-state index contributed by atoms with van der Waals surface area (Å²) in [5.74, 6) is -4.96. The van der Waals surface area contributed by atoms with E-state index in [4.69, 9.17) is 19.5 Å². The number of alkyl halides is 3. The lowest BCUT2D eigenvalue weighted by Gasteiger charge is -2.33. The molecule has 0 aliphatic carbocycles. The van der Waals surface area contributed by atoms with Gasteiger partial charge in [-0.3, -0.25) is 14.4 Å². The molecule has 11 heteroatoms. The molecule has 3 fully saturated rings. The van der Waals surface area contributed by atoms with Crippen LogP contribution in [0.25, 0.3) is 0 Å². The number of benzene rings is 1. The maximum atomic E-state index is 13.5. The predicted octanol–water partition coefficient (Wildman–Crippen LogP) is 3.18. The van der Waals surface area contributed by atoms with E-state index in [9.17, 15) is 27.6 Å². The average molecular weight is 480 g/mol. The maximum absolute atomic E-state index is 13.5. The molecule has 4 rings (SSSR count). The molecule has 0 spiro atoms. The Kier molecular flexibility index (Phi) is 5.73. The largest absolute Gasteiger partial charge is 0.438 e. The summed E-state index contributed by atoms with van der Waals surface area (Å²) in [4.78, 5) is 40.2. The highest BCUT2D eigenvalue weighted by atomic mass is 19.4. The first-order valence-electron chi connectivity index (χ1n) is 10.8. The van der Waals surface area contributed by atoms with Crippen molar-refractivity contribution in [3.05, 3.63) is 29.3 Å². The zero-order chi connectivity index (χ0) is 25.1. The normalized spacial score (nSPS) is 32.1. The molecule has 2 bridgehead atoms. The van der Waals surface area contributed by atoms with Gasteiger partial charge in [-0.15, -0.1) is 0 Å². The van der Waals surface area contributed by atoms with Crippen LogP contribution in [-0.4, -0.2) is 42.4 Å². The Morgan fingerprint density at radius 3 is 2.56 bits per heavy atom. The lowest BCUT2D eigenvalue weighted by molar-refractivity contribution is -0.168. The van der Waals surface area contributed by atoms with Crippen LogP contribution in [0, 0.1) is 29.1 Å². The number of nitriles is 1. The predicted molar refractivity (Wildman–Crippen MR) is 109 cm³/mol. The molecule has 5 atom stereocenters. The lowest BCUT2D eigenvalue weighted by Crippen LogP contribution is -2.49. The van der Waals surface area contributed by atoms with Crippen molar-refractivity contribution in [1.29, 1.82) is 5.26 Å². The molecule has 0 radical (unpaired) electrons. The van der Waals surface area contributed by atoms with E-state index < -0.39 is 64.0 Å². The smallest absolute Gasteiger partial charge is 0.417 e. The van der Waals surface area contributed by atoms with E-state index in [-0.39, 0.29) is 18.9 Å². The molecule has 0 N–H and O–H groups in total. The van der Waals surface area contributed by atoms with Crippen LogP contribution in [0.15, 0.2) is 18.2 Å². The van der Waals surface area contributed by atoms with E-state index in [2.05, 4.69) is 0 Å². The summed E-state index contributed by atoms with van der Waals surface area (Å²) in [6.07, 6.45) is -4.00. The van der Waals surface area contributed by atoms with E-state index in [1.54, 1.807) is 13.8 Å². The SMILES string of the molecule is CCCOCOC(=O)[C@@H]1C[C@@]2(C)O[C@]1(C)[C@@H]1C(=O)N(c3ccc(C#N)c(C(F)(F)F)c3)C(=O)[C@@H]12. The third-order valence-electron chi connectivity index (χ3n) is 6.94. The minimum atomic E-state index is -4.85. The van der Waals surface area contributed by atoms with Crippen molar-refractivity contribution in [3.63, 3.8) is 0 Å². The van der Waals surface area contributed by atoms with E-state index in [0.717, 1.165) is 18.6 Å². The molecule has 0 unspecified atom stereocenters. The standard InChI is InChI=1S/C23H23F3N2O6/c1-4-7-32-11-33-20(31)15-9-21(2)16-17(22(15,3)34-21)19(30)28(18(16)29)13-6-5-12(10-27)14(8-13)23(24,25)26/h5-6,8,15-17H,4,7,9,11H2,1-3H3/t15-,16+,17-,21+,22-/m0/s1. The van der Waals surface area contributed by atoms with Crippen molar-refractivity contribution in [2.24, 2.45) is 17.8 Å². The van der Waals surface area contributed by atoms with Gasteiger partial charge in [0.05, 0.1) is 58.4 Å². The van der Waals surface area contributed by atoms with Crippen molar-refractivity contribution >= 4 is 23.5 Å². The molecule has 3 aliphatic heterocycles. The first-order valence-corrected chi connectivity index (χ1v) is 10.8. The minimum absolute atomic E-state index is 0.116. The summed E-state index contributed by atoms with van der Waals surface area (Å²) in [6.45, 7) is 5.21. The Labute approximate surface area is 193 Å². The van der Waals surface area contributed by atoms with E-state index in [1.165, 1.54) is 6.07 Å². The van der Waals surface area contributed by atoms with Gasteiger partial charge >= 0.3 is 12.1 Å². The van der Waals surface area contributed by atoms with Gasteiger partial charge in [-0.05, 0) is 44.9 Å². The summed E-state index contributed by atoms with van der Waals surface area (Å²) < 4.78 is 56.8. The van der Waals surface area contributed by atoms with Crippen LogP contribution >= 0.6 is 0 Å². The fourth-order valence-electron chi connectivity index (χ4n) is 5.53. The molecule has 0 aromatic heterocycles. The van der Waals surface area contributed by atoms with Crippen LogP contribution in [0.3, 0.4) is 0 Å². The lowest BCUT2D eigenvalue weighted by atomic mass is 9.64. The van der Waals surface area contributed by atoms with Gasteiger partial charge in [0.1, 0.15) is 0 Å². The molecular formula is C23H23F3N2O6. The van der Waals surface area contributed by atoms with Crippen molar-refractivity contribution in [3.8, 4) is 6.07 Å². The van der Waals surface area contributed by atoms with E-state index in [1.807, 2.05) is 6.92 Å². The molecule has 1 aromatic carbocycles. The topological polar surface area (TPSA) is 106 Å². The number of rotatable bonds is 6. The second kappa shape index (κ2) is 8.06. The number of fused-ring (bicyclic) bond motifs is 5. The fraction of sp³-hybridized carbons (Fsp3) is 0.565. The number of carbonyl (C=O) groups excluding carboxylic acids is 3. The highest BCUT2D eigenvalue weighted by Crippen LogP contribution is 2.63. The highest BCUT2D eigenvalue weighted by Gasteiger charge is 2.77. The quantitative estimate of drug-likeness (QED) is 0.266.